The second-order valence-corrected chi connectivity index (χ2v) is 3.30. The van der Waals surface area contributed by atoms with Crippen LogP contribution in [0.3, 0.4) is 0 Å². The molecule has 1 N–H and O–H groups in total. The molecule has 0 radical (unpaired) electrons. The fraction of sp³-hybridized carbons (Fsp3) is 0.222. The second-order valence-electron chi connectivity index (χ2n) is 2.30. The summed E-state index contributed by atoms with van der Waals surface area (Å²) in [5.41, 5.74) is 0.439. The Labute approximate surface area is 80.3 Å². The molecule has 0 aliphatic carbocycles. The third kappa shape index (κ3) is 2.40. The minimum atomic E-state index is -0.412. The molecular formula is C9H10O3S. The second kappa shape index (κ2) is 4.79. The maximum atomic E-state index is 11.3. The van der Waals surface area contributed by atoms with E-state index in [0.717, 1.165) is 0 Å². The highest BCUT2D eigenvalue weighted by molar-refractivity contribution is 7.10. The van der Waals surface area contributed by atoms with Crippen LogP contribution in [0.5, 0.6) is 0 Å². The van der Waals surface area contributed by atoms with Crippen LogP contribution in [0.25, 0.3) is 0 Å². The van der Waals surface area contributed by atoms with Crippen LogP contribution < -0.4 is 0 Å². The first-order valence-corrected chi connectivity index (χ1v) is 4.62. The number of carbonyl (C=O) groups excluding carboxylic acids is 1. The number of thiophene rings is 1. The third-order valence-electron chi connectivity index (χ3n) is 1.44. The van der Waals surface area contributed by atoms with Crippen molar-refractivity contribution in [1.82, 2.24) is 0 Å². The van der Waals surface area contributed by atoms with Gasteiger partial charge in [-0.2, -0.15) is 0 Å². The molecule has 0 unspecified atom stereocenters. The van der Waals surface area contributed by atoms with Gasteiger partial charge in [0.15, 0.2) is 0 Å². The minimum Gasteiger partial charge on any atom is -0.458 e. The summed E-state index contributed by atoms with van der Waals surface area (Å²) >= 11 is 1.33. The highest BCUT2D eigenvalue weighted by Gasteiger charge is 2.12. The lowest BCUT2D eigenvalue weighted by Gasteiger charge is -2.00. The van der Waals surface area contributed by atoms with Crippen LogP contribution in [0, 0.1) is 0 Å². The summed E-state index contributed by atoms with van der Waals surface area (Å²) in [6.07, 6.45) is 1.50. The maximum absolute atomic E-state index is 11.3. The quantitative estimate of drug-likeness (QED) is 0.590. The number of aliphatic hydroxyl groups excluding tert-OH is 1. The summed E-state index contributed by atoms with van der Waals surface area (Å²) in [5, 5.41) is 10.6. The number of hydrogen-bond donors (Lipinski definition) is 1. The fourth-order valence-electron chi connectivity index (χ4n) is 0.857. The van der Waals surface area contributed by atoms with Gasteiger partial charge in [0.1, 0.15) is 6.61 Å². The molecule has 0 bridgehead atoms. The summed E-state index contributed by atoms with van der Waals surface area (Å²) in [7, 11) is 0. The normalized spacial score (nSPS) is 9.62. The average molecular weight is 198 g/mol. The van der Waals surface area contributed by atoms with E-state index in [9.17, 15) is 4.79 Å². The van der Waals surface area contributed by atoms with Gasteiger partial charge in [-0.25, -0.2) is 4.79 Å². The van der Waals surface area contributed by atoms with Crippen molar-refractivity contribution < 1.29 is 14.6 Å². The first-order chi connectivity index (χ1) is 6.29. The Morgan fingerprint density at radius 1 is 1.77 bits per heavy atom. The predicted octanol–water partition coefficient (Wildman–Crippen LogP) is 1.58. The van der Waals surface area contributed by atoms with Crippen LogP contribution in [-0.4, -0.2) is 17.7 Å². The largest absolute Gasteiger partial charge is 0.458 e. The summed E-state index contributed by atoms with van der Waals surface area (Å²) in [4.78, 5) is 11.9. The lowest BCUT2D eigenvalue weighted by molar-refractivity contribution is 0.0547. The summed E-state index contributed by atoms with van der Waals surface area (Å²) < 4.78 is 4.82. The first-order valence-electron chi connectivity index (χ1n) is 3.75. The lowest BCUT2D eigenvalue weighted by atomic mass is 10.3. The van der Waals surface area contributed by atoms with Crippen molar-refractivity contribution in [2.45, 2.75) is 6.61 Å². The van der Waals surface area contributed by atoms with Crippen molar-refractivity contribution in [3.63, 3.8) is 0 Å². The van der Waals surface area contributed by atoms with Crippen LogP contribution in [0.1, 0.15) is 15.2 Å². The molecule has 4 heteroatoms. The van der Waals surface area contributed by atoms with E-state index in [1.54, 1.807) is 11.4 Å². The van der Waals surface area contributed by atoms with E-state index in [-0.39, 0.29) is 13.2 Å². The molecule has 0 fully saturated rings. The Bertz CT molecular complexity index is 304. The number of aliphatic hydroxyl groups is 1. The molecule has 0 saturated heterocycles. The van der Waals surface area contributed by atoms with E-state index in [0.29, 0.717) is 10.4 Å². The molecule has 1 rings (SSSR count). The molecule has 0 spiro atoms. The van der Waals surface area contributed by atoms with Crippen LogP contribution in [-0.2, 0) is 11.3 Å². The monoisotopic (exact) mass is 198 g/mol. The molecule has 1 aromatic rings. The first kappa shape index (κ1) is 9.95. The van der Waals surface area contributed by atoms with Gasteiger partial charge in [-0.1, -0.05) is 12.7 Å². The Morgan fingerprint density at radius 3 is 3.15 bits per heavy atom. The van der Waals surface area contributed by atoms with Crippen molar-refractivity contribution in [1.29, 1.82) is 0 Å². The van der Waals surface area contributed by atoms with Gasteiger partial charge in [-0.15, -0.1) is 11.3 Å². The van der Waals surface area contributed by atoms with Gasteiger partial charge < -0.3 is 9.84 Å². The minimum absolute atomic E-state index is 0.129. The van der Waals surface area contributed by atoms with E-state index in [2.05, 4.69) is 6.58 Å². The van der Waals surface area contributed by atoms with Crippen LogP contribution in [0.2, 0.25) is 0 Å². The SMILES string of the molecule is C=CCOC(=O)c1ccsc1CO. The number of carbonyl (C=O) groups is 1. The Balaban J connectivity index is 2.70. The zero-order valence-electron chi connectivity index (χ0n) is 7.03. The molecule has 13 heavy (non-hydrogen) atoms. The van der Waals surface area contributed by atoms with E-state index < -0.39 is 5.97 Å². The van der Waals surface area contributed by atoms with Gasteiger partial charge in [0.2, 0.25) is 0 Å². The van der Waals surface area contributed by atoms with E-state index in [1.807, 2.05) is 0 Å². The molecular weight excluding hydrogens is 188 g/mol. The smallest absolute Gasteiger partial charge is 0.339 e. The average Bonchev–Trinajstić information content (AvgIpc) is 2.61. The molecule has 70 valence electrons. The van der Waals surface area contributed by atoms with Crippen LogP contribution >= 0.6 is 11.3 Å². The molecule has 0 aromatic carbocycles. The van der Waals surface area contributed by atoms with Gasteiger partial charge >= 0.3 is 5.97 Å². The van der Waals surface area contributed by atoms with Gasteiger partial charge in [0.05, 0.1) is 12.2 Å². The molecule has 0 atom stereocenters. The van der Waals surface area contributed by atoms with E-state index >= 15 is 0 Å². The summed E-state index contributed by atoms with van der Waals surface area (Å²) in [6, 6.07) is 1.64. The van der Waals surface area contributed by atoms with Crippen molar-refractivity contribution in [2.24, 2.45) is 0 Å². The number of ether oxygens (including phenoxy) is 1. The highest BCUT2D eigenvalue weighted by Crippen LogP contribution is 2.17. The molecule has 0 amide bonds. The van der Waals surface area contributed by atoms with E-state index in [4.69, 9.17) is 9.84 Å². The van der Waals surface area contributed by atoms with Gasteiger partial charge in [-0.3, -0.25) is 0 Å². The zero-order chi connectivity index (χ0) is 9.68. The molecule has 0 saturated carbocycles. The third-order valence-corrected chi connectivity index (χ3v) is 2.35. The van der Waals surface area contributed by atoms with Gasteiger partial charge in [0, 0.05) is 4.88 Å². The molecule has 1 aromatic heterocycles. The molecule has 3 nitrogen and oxygen atoms in total. The van der Waals surface area contributed by atoms with E-state index in [1.165, 1.54) is 17.4 Å². The van der Waals surface area contributed by atoms with Crippen molar-refractivity contribution in [3.8, 4) is 0 Å². The summed E-state index contributed by atoms with van der Waals surface area (Å²) in [5.74, 6) is -0.412. The molecule has 1 heterocycles. The van der Waals surface area contributed by atoms with Gasteiger partial charge in [0.25, 0.3) is 0 Å². The topological polar surface area (TPSA) is 46.5 Å². The van der Waals surface area contributed by atoms with Crippen molar-refractivity contribution in [2.75, 3.05) is 6.61 Å². The Morgan fingerprint density at radius 2 is 2.54 bits per heavy atom. The maximum Gasteiger partial charge on any atom is 0.339 e. The number of rotatable bonds is 4. The van der Waals surface area contributed by atoms with Crippen molar-refractivity contribution in [3.05, 3.63) is 34.5 Å². The molecule has 0 aliphatic heterocycles. The number of esters is 1. The Kier molecular flexibility index (Phi) is 3.67. The predicted molar refractivity (Wildman–Crippen MR) is 50.7 cm³/mol. The van der Waals surface area contributed by atoms with Crippen LogP contribution in [0.15, 0.2) is 24.1 Å². The zero-order valence-corrected chi connectivity index (χ0v) is 7.84. The fourth-order valence-corrected chi connectivity index (χ4v) is 1.58. The number of hydrogen-bond acceptors (Lipinski definition) is 4. The summed E-state index contributed by atoms with van der Waals surface area (Å²) in [6.45, 7) is 3.50. The Hall–Kier alpha value is -1.13. The standard InChI is InChI=1S/C9H10O3S/c1-2-4-12-9(11)7-3-5-13-8(7)6-10/h2-3,5,10H,1,4,6H2. The highest BCUT2D eigenvalue weighted by atomic mass is 32.1. The lowest BCUT2D eigenvalue weighted by Crippen LogP contribution is -2.05. The van der Waals surface area contributed by atoms with Crippen LogP contribution in [0.4, 0.5) is 0 Å². The van der Waals surface area contributed by atoms with Crippen molar-refractivity contribution >= 4 is 17.3 Å². The van der Waals surface area contributed by atoms with Gasteiger partial charge in [-0.05, 0) is 11.4 Å². The molecule has 0 aliphatic rings.